The van der Waals surface area contributed by atoms with E-state index in [9.17, 15) is 18.0 Å². The van der Waals surface area contributed by atoms with E-state index in [1.54, 1.807) is 0 Å². The summed E-state index contributed by atoms with van der Waals surface area (Å²) in [5, 5.41) is 2.84. The van der Waals surface area contributed by atoms with Gasteiger partial charge in [-0.3, -0.25) is 0 Å². The minimum Gasteiger partial charge on any atom is -0.382 e. The Hall–Kier alpha value is -1.76. The number of benzene rings is 1. The summed E-state index contributed by atoms with van der Waals surface area (Å²) in [7, 11) is 1.54. The maximum atomic E-state index is 12.7. The summed E-state index contributed by atoms with van der Waals surface area (Å²) in [6, 6.07) is 8.67. The van der Waals surface area contributed by atoms with Crippen molar-refractivity contribution >= 4 is 6.03 Å². The molecule has 7 heteroatoms. The van der Waals surface area contributed by atoms with Crippen LogP contribution < -0.4 is 5.32 Å². The Labute approximate surface area is 133 Å². The largest absolute Gasteiger partial charge is 0.391 e. The molecule has 0 bridgehead atoms. The molecule has 0 aromatic heterocycles. The van der Waals surface area contributed by atoms with Crippen molar-refractivity contribution in [2.45, 2.75) is 25.1 Å². The van der Waals surface area contributed by atoms with Gasteiger partial charge in [0, 0.05) is 20.2 Å². The second-order valence-electron chi connectivity index (χ2n) is 5.67. The van der Waals surface area contributed by atoms with E-state index in [-0.39, 0.29) is 38.0 Å². The number of nitrogens with one attached hydrogen (secondary N) is 1. The van der Waals surface area contributed by atoms with Crippen LogP contribution in [0.3, 0.4) is 0 Å². The molecule has 4 nitrogen and oxygen atoms in total. The fraction of sp³-hybridized carbons (Fsp3) is 0.562. The first-order valence-electron chi connectivity index (χ1n) is 7.58. The summed E-state index contributed by atoms with van der Waals surface area (Å²) in [4.78, 5) is 13.7. The van der Waals surface area contributed by atoms with Crippen LogP contribution in [0.4, 0.5) is 18.0 Å². The van der Waals surface area contributed by atoms with Crippen LogP contribution in [-0.4, -0.2) is 43.9 Å². The molecule has 1 fully saturated rings. The number of carbonyl (C=O) groups excluding carboxylic acids is 1. The second-order valence-corrected chi connectivity index (χ2v) is 5.67. The molecule has 1 N–H and O–H groups in total. The lowest BCUT2D eigenvalue weighted by Crippen LogP contribution is -2.47. The zero-order chi connectivity index (χ0) is 16.9. The molecule has 0 radical (unpaired) electrons. The number of carbonyl (C=O) groups is 1. The molecule has 1 unspecified atom stereocenters. The molecular weight excluding hydrogens is 309 g/mol. The van der Waals surface area contributed by atoms with Crippen LogP contribution >= 0.6 is 0 Å². The molecule has 1 heterocycles. The van der Waals surface area contributed by atoms with Gasteiger partial charge in [-0.25, -0.2) is 4.79 Å². The molecule has 1 atom stereocenters. The summed E-state index contributed by atoms with van der Waals surface area (Å²) in [6.07, 6.45) is -4.26. The number of hydrogen-bond donors (Lipinski definition) is 1. The van der Waals surface area contributed by atoms with Gasteiger partial charge in [0.2, 0.25) is 0 Å². The molecule has 1 aromatic carbocycles. The number of urea groups is 1. The molecule has 1 aliphatic heterocycles. The Kier molecular flexibility index (Phi) is 5.87. The summed E-state index contributed by atoms with van der Waals surface area (Å²) < 4.78 is 43.1. The number of ether oxygens (including phenoxy) is 1. The fourth-order valence-corrected chi connectivity index (χ4v) is 2.72. The molecule has 0 spiro atoms. The first-order valence-corrected chi connectivity index (χ1v) is 7.58. The van der Waals surface area contributed by atoms with Crippen LogP contribution in [0.2, 0.25) is 0 Å². The second kappa shape index (κ2) is 7.68. The smallest absolute Gasteiger partial charge is 0.382 e. The minimum atomic E-state index is -4.18. The van der Waals surface area contributed by atoms with E-state index in [1.807, 2.05) is 30.3 Å². The molecular formula is C16H21F3N2O2. The predicted molar refractivity (Wildman–Crippen MR) is 79.9 cm³/mol. The van der Waals surface area contributed by atoms with Gasteiger partial charge < -0.3 is 15.0 Å². The highest BCUT2D eigenvalue weighted by atomic mass is 19.4. The van der Waals surface area contributed by atoms with Crippen LogP contribution in [0.25, 0.3) is 0 Å². The van der Waals surface area contributed by atoms with Crippen LogP contribution in [-0.2, 0) is 4.74 Å². The number of likely N-dealkylation sites (tertiary alicyclic amines) is 1. The van der Waals surface area contributed by atoms with Gasteiger partial charge in [0.15, 0.2) is 0 Å². The Morgan fingerprint density at radius 1 is 1.30 bits per heavy atom. The third kappa shape index (κ3) is 4.86. The lowest BCUT2D eigenvalue weighted by molar-refractivity contribution is -0.183. The Balaban J connectivity index is 1.93. The summed E-state index contributed by atoms with van der Waals surface area (Å²) in [6.45, 7) is 0.532. The molecule has 1 saturated heterocycles. The molecule has 0 saturated carbocycles. The summed E-state index contributed by atoms with van der Waals surface area (Å²) >= 11 is 0. The molecule has 2 amide bonds. The molecule has 23 heavy (non-hydrogen) atoms. The van der Waals surface area contributed by atoms with Crippen LogP contribution in [0.1, 0.15) is 24.4 Å². The fourth-order valence-electron chi connectivity index (χ4n) is 2.72. The van der Waals surface area contributed by atoms with Crippen molar-refractivity contribution in [3.8, 4) is 0 Å². The van der Waals surface area contributed by atoms with E-state index >= 15 is 0 Å². The lowest BCUT2D eigenvalue weighted by Gasteiger charge is -2.34. The zero-order valence-electron chi connectivity index (χ0n) is 13.0. The Morgan fingerprint density at radius 3 is 2.43 bits per heavy atom. The number of alkyl halides is 3. The Bertz CT molecular complexity index is 500. The summed E-state index contributed by atoms with van der Waals surface area (Å²) in [5.41, 5.74) is 0.896. The van der Waals surface area contributed by atoms with Crippen LogP contribution in [0.15, 0.2) is 30.3 Å². The highest BCUT2D eigenvalue weighted by molar-refractivity contribution is 5.74. The van der Waals surface area contributed by atoms with E-state index < -0.39 is 12.1 Å². The van der Waals surface area contributed by atoms with Crippen molar-refractivity contribution in [1.29, 1.82) is 0 Å². The van der Waals surface area contributed by atoms with Gasteiger partial charge >= 0.3 is 12.2 Å². The quantitative estimate of drug-likeness (QED) is 0.920. The summed E-state index contributed by atoms with van der Waals surface area (Å²) in [5.74, 6) is -1.31. The number of amides is 2. The number of methoxy groups -OCH3 is 1. The zero-order valence-corrected chi connectivity index (χ0v) is 13.0. The maximum absolute atomic E-state index is 12.7. The topological polar surface area (TPSA) is 41.6 Å². The number of nitrogens with zero attached hydrogens (tertiary/aromatic N) is 1. The lowest BCUT2D eigenvalue weighted by atomic mass is 9.96. The van der Waals surface area contributed by atoms with E-state index in [4.69, 9.17) is 4.74 Å². The molecule has 1 aliphatic rings. The van der Waals surface area contributed by atoms with Gasteiger partial charge in [0.1, 0.15) is 0 Å². The third-order valence-corrected chi connectivity index (χ3v) is 4.08. The van der Waals surface area contributed by atoms with Crippen molar-refractivity contribution in [3.63, 3.8) is 0 Å². The van der Waals surface area contributed by atoms with Crippen molar-refractivity contribution in [3.05, 3.63) is 35.9 Å². The van der Waals surface area contributed by atoms with Crippen LogP contribution in [0, 0.1) is 5.92 Å². The number of halogens is 3. The first-order chi connectivity index (χ1) is 10.9. The van der Waals surface area contributed by atoms with Crippen molar-refractivity contribution < 1.29 is 22.7 Å². The monoisotopic (exact) mass is 330 g/mol. The minimum absolute atomic E-state index is 0.0444. The average Bonchev–Trinajstić information content (AvgIpc) is 2.54. The van der Waals surface area contributed by atoms with E-state index in [0.717, 1.165) is 5.56 Å². The van der Waals surface area contributed by atoms with Gasteiger partial charge in [-0.1, -0.05) is 30.3 Å². The SMILES string of the molecule is COCC(NC(=O)N1CCC(C(F)(F)F)CC1)c1ccccc1. The van der Waals surface area contributed by atoms with E-state index in [0.29, 0.717) is 6.61 Å². The van der Waals surface area contributed by atoms with Gasteiger partial charge in [-0.05, 0) is 18.4 Å². The van der Waals surface area contributed by atoms with Crippen LogP contribution in [0.5, 0.6) is 0 Å². The van der Waals surface area contributed by atoms with E-state index in [1.165, 1.54) is 12.0 Å². The number of piperidine rings is 1. The first kappa shape index (κ1) is 17.6. The average molecular weight is 330 g/mol. The van der Waals surface area contributed by atoms with Gasteiger partial charge in [0.05, 0.1) is 18.6 Å². The maximum Gasteiger partial charge on any atom is 0.391 e. The normalized spacial score (nSPS) is 17.8. The molecule has 0 aliphatic carbocycles. The standard InChI is InChI=1S/C16H21F3N2O2/c1-23-11-14(12-5-3-2-4-6-12)20-15(22)21-9-7-13(8-10-21)16(17,18)19/h2-6,13-14H,7-11H2,1H3,(H,20,22). The molecule has 128 valence electrons. The highest BCUT2D eigenvalue weighted by Crippen LogP contribution is 2.34. The van der Waals surface area contributed by atoms with E-state index in [2.05, 4.69) is 5.32 Å². The van der Waals surface area contributed by atoms with Gasteiger partial charge in [-0.2, -0.15) is 13.2 Å². The highest BCUT2D eigenvalue weighted by Gasteiger charge is 2.41. The number of rotatable bonds is 4. The van der Waals surface area contributed by atoms with Crippen molar-refractivity contribution in [1.82, 2.24) is 10.2 Å². The predicted octanol–water partition coefficient (Wildman–Crippen LogP) is 3.36. The van der Waals surface area contributed by atoms with Gasteiger partial charge in [-0.15, -0.1) is 0 Å². The van der Waals surface area contributed by atoms with Gasteiger partial charge in [0.25, 0.3) is 0 Å². The Morgan fingerprint density at radius 2 is 1.91 bits per heavy atom. The van der Waals surface area contributed by atoms with Crippen molar-refractivity contribution in [2.75, 3.05) is 26.8 Å². The number of hydrogen-bond acceptors (Lipinski definition) is 2. The third-order valence-electron chi connectivity index (χ3n) is 4.08. The van der Waals surface area contributed by atoms with Crippen molar-refractivity contribution in [2.24, 2.45) is 5.92 Å². The molecule has 1 aromatic rings. The molecule has 2 rings (SSSR count).